The molecule has 5 nitrogen and oxygen atoms in total. The van der Waals surface area contributed by atoms with Gasteiger partial charge in [-0.1, -0.05) is 48.0 Å². The van der Waals surface area contributed by atoms with Crippen molar-refractivity contribution in [1.29, 1.82) is 0 Å². The van der Waals surface area contributed by atoms with Gasteiger partial charge in [0.1, 0.15) is 12.4 Å². The molecule has 2 N–H and O–H groups in total. The molecule has 0 saturated heterocycles. The van der Waals surface area contributed by atoms with Crippen LogP contribution in [0.5, 0.6) is 5.75 Å². The average Bonchev–Trinajstić information content (AvgIpc) is 2.68. The summed E-state index contributed by atoms with van der Waals surface area (Å²) in [5, 5.41) is 11.9. The molecule has 0 aliphatic rings. The maximum Gasteiger partial charge on any atom is 0.337 e. The summed E-state index contributed by atoms with van der Waals surface area (Å²) in [4.78, 5) is 23.6. The van der Waals surface area contributed by atoms with Gasteiger partial charge >= 0.3 is 5.97 Å². The topological polar surface area (TPSA) is 75.6 Å². The number of ether oxygens (including phenoxy) is 1. The van der Waals surface area contributed by atoms with Crippen molar-refractivity contribution < 1.29 is 19.4 Å². The fraction of sp³-hybridized carbons (Fsp3) is 0.0476. The molecule has 0 bridgehead atoms. The number of nitrogens with one attached hydrogen (secondary N) is 1. The summed E-state index contributed by atoms with van der Waals surface area (Å²) in [5.74, 6) is -0.972. The summed E-state index contributed by atoms with van der Waals surface area (Å²) in [7, 11) is 0. The fourth-order valence-corrected chi connectivity index (χ4v) is 2.64. The van der Waals surface area contributed by atoms with Crippen LogP contribution in [0.3, 0.4) is 0 Å². The molecule has 27 heavy (non-hydrogen) atoms. The third-order valence-corrected chi connectivity index (χ3v) is 4.13. The van der Waals surface area contributed by atoms with Crippen LogP contribution in [0.1, 0.15) is 26.3 Å². The predicted molar refractivity (Wildman–Crippen MR) is 104 cm³/mol. The molecule has 3 aromatic carbocycles. The van der Waals surface area contributed by atoms with E-state index in [9.17, 15) is 9.59 Å². The molecule has 0 heterocycles. The van der Waals surface area contributed by atoms with E-state index in [1.165, 1.54) is 12.1 Å². The SMILES string of the molecule is O=C(Nc1ccc(Cl)c(C(=O)O)c1)c1cccc(OCc2ccccc2)c1. The number of carbonyl (C=O) groups is 2. The Morgan fingerprint density at radius 1 is 0.963 bits per heavy atom. The lowest BCUT2D eigenvalue weighted by molar-refractivity contribution is 0.0696. The van der Waals surface area contributed by atoms with Crippen molar-refractivity contribution in [2.24, 2.45) is 0 Å². The van der Waals surface area contributed by atoms with Crippen molar-refractivity contribution in [3.8, 4) is 5.75 Å². The third-order valence-electron chi connectivity index (χ3n) is 3.80. The predicted octanol–water partition coefficient (Wildman–Crippen LogP) is 4.87. The lowest BCUT2D eigenvalue weighted by Gasteiger charge is -2.10. The molecule has 136 valence electrons. The molecule has 1 amide bonds. The molecule has 0 fully saturated rings. The Morgan fingerprint density at radius 3 is 2.48 bits per heavy atom. The van der Waals surface area contributed by atoms with Gasteiger partial charge in [0.05, 0.1) is 10.6 Å². The van der Waals surface area contributed by atoms with Crippen molar-refractivity contribution in [2.75, 3.05) is 5.32 Å². The van der Waals surface area contributed by atoms with Crippen LogP contribution < -0.4 is 10.1 Å². The first kappa shape index (κ1) is 18.5. The number of carbonyl (C=O) groups excluding carboxylic acids is 1. The Bertz CT molecular complexity index is 973. The van der Waals surface area contributed by atoms with Gasteiger partial charge in [0.25, 0.3) is 5.91 Å². The largest absolute Gasteiger partial charge is 0.489 e. The van der Waals surface area contributed by atoms with Crippen molar-refractivity contribution in [3.63, 3.8) is 0 Å². The second-order valence-corrected chi connectivity index (χ2v) is 6.16. The zero-order chi connectivity index (χ0) is 19.2. The highest BCUT2D eigenvalue weighted by Crippen LogP contribution is 2.22. The van der Waals surface area contributed by atoms with E-state index in [-0.39, 0.29) is 16.5 Å². The Morgan fingerprint density at radius 2 is 1.74 bits per heavy atom. The van der Waals surface area contributed by atoms with Crippen molar-refractivity contribution >= 4 is 29.2 Å². The highest BCUT2D eigenvalue weighted by molar-refractivity contribution is 6.33. The van der Waals surface area contributed by atoms with E-state index in [0.29, 0.717) is 23.6 Å². The molecule has 0 aromatic heterocycles. The number of hydrogen-bond donors (Lipinski definition) is 2. The molecule has 0 unspecified atom stereocenters. The number of aromatic carboxylic acids is 1. The molecule has 0 aliphatic carbocycles. The van der Waals surface area contributed by atoms with Gasteiger partial charge in [-0.3, -0.25) is 4.79 Å². The standard InChI is InChI=1S/C21H16ClNO4/c22-19-10-9-16(12-18(19)21(25)26)23-20(24)15-7-4-8-17(11-15)27-13-14-5-2-1-3-6-14/h1-12H,13H2,(H,23,24)(H,25,26). The molecule has 0 spiro atoms. The highest BCUT2D eigenvalue weighted by Gasteiger charge is 2.12. The smallest absolute Gasteiger partial charge is 0.337 e. The van der Waals surface area contributed by atoms with Gasteiger partial charge in [0.2, 0.25) is 0 Å². The van der Waals surface area contributed by atoms with E-state index in [1.54, 1.807) is 30.3 Å². The first-order valence-corrected chi connectivity index (χ1v) is 8.52. The minimum absolute atomic E-state index is 0.0746. The molecule has 0 saturated carbocycles. The van der Waals surface area contributed by atoms with E-state index < -0.39 is 5.97 Å². The van der Waals surface area contributed by atoms with Crippen molar-refractivity contribution in [3.05, 3.63) is 94.5 Å². The third kappa shape index (κ3) is 4.86. The number of anilines is 1. The first-order chi connectivity index (χ1) is 13.0. The molecule has 0 aliphatic heterocycles. The maximum atomic E-state index is 12.5. The second kappa shape index (κ2) is 8.38. The quantitative estimate of drug-likeness (QED) is 0.638. The van der Waals surface area contributed by atoms with Gasteiger partial charge in [-0.15, -0.1) is 0 Å². The number of carboxylic acids is 1. The molecule has 6 heteroatoms. The van der Waals surface area contributed by atoms with E-state index >= 15 is 0 Å². The number of amides is 1. The molecule has 3 rings (SSSR count). The maximum absolute atomic E-state index is 12.5. The molecule has 0 atom stereocenters. The van der Waals surface area contributed by atoms with E-state index in [2.05, 4.69) is 5.32 Å². The van der Waals surface area contributed by atoms with Gasteiger partial charge in [0.15, 0.2) is 0 Å². The van der Waals surface area contributed by atoms with Gasteiger partial charge < -0.3 is 15.2 Å². The summed E-state index contributed by atoms with van der Waals surface area (Å²) in [6.45, 7) is 0.394. The van der Waals surface area contributed by atoms with Crippen LogP contribution in [-0.2, 0) is 6.61 Å². The van der Waals surface area contributed by atoms with Crippen molar-refractivity contribution in [2.45, 2.75) is 6.61 Å². The number of halogens is 1. The first-order valence-electron chi connectivity index (χ1n) is 8.14. The van der Waals surface area contributed by atoms with Crippen LogP contribution in [0.2, 0.25) is 5.02 Å². The van der Waals surface area contributed by atoms with Gasteiger partial charge in [-0.05, 0) is 42.0 Å². The van der Waals surface area contributed by atoms with Crippen LogP contribution in [0.25, 0.3) is 0 Å². The van der Waals surface area contributed by atoms with E-state index in [0.717, 1.165) is 5.56 Å². The summed E-state index contributed by atoms with van der Waals surface area (Å²) in [5.41, 5.74) is 1.69. The summed E-state index contributed by atoms with van der Waals surface area (Å²) in [6, 6.07) is 20.8. The van der Waals surface area contributed by atoms with Crippen LogP contribution in [0, 0.1) is 0 Å². The monoisotopic (exact) mass is 381 g/mol. The lowest BCUT2D eigenvalue weighted by atomic mass is 10.1. The number of rotatable bonds is 6. The number of carboxylic acid groups (broad SMARTS) is 1. The number of benzene rings is 3. The van der Waals surface area contributed by atoms with Crippen LogP contribution in [0.15, 0.2) is 72.8 Å². The minimum Gasteiger partial charge on any atom is -0.489 e. The molecule has 0 radical (unpaired) electrons. The zero-order valence-electron chi connectivity index (χ0n) is 14.2. The Hall–Kier alpha value is -3.31. The fourth-order valence-electron chi connectivity index (χ4n) is 2.44. The second-order valence-electron chi connectivity index (χ2n) is 5.76. The van der Waals surface area contributed by atoms with E-state index in [4.69, 9.17) is 21.4 Å². The average molecular weight is 382 g/mol. The minimum atomic E-state index is -1.16. The zero-order valence-corrected chi connectivity index (χ0v) is 14.9. The van der Waals surface area contributed by atoms with E-state index in [1.807, 2.05) is 30.3 Å². The molecular weight excluding hydrogens is 366 g/mol. The molecular formula is C21H16ClNO4. The van der Waals surface area contributed by atoms with Crippen molar-refractivity contribution in [1.82, 2.24) is 0 Å². The van der Waals surface area contributed by atoms with Gasteiger partial charge in [-0.25, -0.2) is 4.79 Å². The van der Waals surface area contributed by atoms with Gasteiger partial charge in [-0.2, -0.15) is 0 Å². The molecule has 3 aromatic rings. The normalized spacial score (nSPS) is 10.3. The summed E-state index contributed by atoms with van der Waals surface area (Å²) in [6.07, 6.45) is 0. The summed E-state index contributed by atoms with van der Waals surface area (Å²) >= 11 is 5.84. The summed E-state index contributed by atoms with van der Waals surface area (Å²) < 4.78 is 5.72. The Labute approximate surface area is 161 Å². The number of hydrogen-bond acceptors (Lipinski definition) is 3. The Kier molecular flexibility index (Phi) is 5.74. The highest BCUT2D eigenvalue weighted by atomic mass is 35.5. The van der Waals surface area contributed by atoms with Crippen LogP contribution >= 0.6 is 11.6 Å². The van der Waals surface area contributed by atoms with Gasteiger partial charge in [0, 0.05) is 11.3 Å². The van der Waals surface area contributed by atoms with Crippen LogP contribution in [-0.4, -0.2) is 17.0 Å². The lowest BCUT2D eigenvalue weighted by Crippen LogP contribution is -2.12. The Balaban J connectivity index is 1.70. The van der Waals surface area contributed by atoms with Crippen LogP contribution in [0.4, 0.5) is 5.69 Å².